The summed E-state index contributed by atoms with van der Waals surface area (Å²) in [6.45, 7) is 5.53. The molecule has 0 saturated carbocycles. The maximum absolute atomic E-state index is 12.2. The topological polar surface area (TPSA) is 56.8 Å². The minimum atomic E-state index is -0.277. The summed E-state index contributed by atoms with van der Waals surface area (Å²) in [5.74, 6) is 1.42. The number of hydrogen-bond acceptors (Lipinski definition) is 4. The highest BCUT2D eigenvalue weighted by Gasteiger charge is 2.11. The average molecular weight is 341 g/mol. The minimum Gasteiger partial charge on any atom is -0.495 e. The fourth-order valence-corrected chi connectivity index (χ4v) is 2.37. The normalized spacial score (nSPS) is 10.0. The number of carbonyl (C=O) groups is 1. The van der Waals surface area contributed by atoms with Crippen LogP contribution in [0.15, 0.2) is 49.1 Å². The molecule has 0 radical (unpaired) electrons. The molecule has 1 N–H and O–H groups in total. The van der Waals surface area contributed by atoms with E-state index in [1.54, 1.807) is 20.3 Å². The summed E-state index contributed by atoms with van der Waals surface area (Å²) in [4.78, 5) is 12.2. The van der Waals surface area contributed by atoms with Gasteiger partial charge in [-0.25, -0.2) is 0 Å². The number of allylic oxidation sites excluding steroid dienone is 1. The summed E-state index contributed by atoms with van der Waals surface area (Å²) in [6.07, 6.45) is 2.56. The van der Waals surface area contributed by atoms with E-state index in [2.05, 4.69) is 11.9 Å². The monoisotopic (exact) mass is 341 g/mol. The first-order valence-electron chi connectivity index (χ1n) is 7.92. The lowest BCUT2D eigenvalue weighted by molar-refractivity contribution is -0.118. The van der Waals surface area contributed by atoms with Crippen molar-refractivity contribution < 1.29 is 19.0 Å². The SMILES string of the molecule is C=CCc1ccc(OCC(=O)Nc2cc(C)ccc2OC)c(OC)c1. The maximum Gasteiger partial charge on any atom is 0.262 e. The minimum absolute atomic E-state index is 0.131. The smallest absolute Gasteiger partial charge is 0.262 e. The van der Waals surface area contributed by atoms with E-state index < -0.39 is 0 Å². The quantitative estimate of drug-likeness (QED) is 0.743. The Kier molecular flexibility index (Phi) is 6.46. The van der Waals surface area contributed by atoms with Crippen LogP contribution in [-0.4, -0.2) is 26.7 Å². The predicted molar refractivity (Wildman–Crippen MR) is 98.8 cm³/mol. The van der Waals surface area contributed by atoms with E-state index in [-0.39, 0.29) is 12.5 Å². The van der Waals surface area contributed by atoms with Crippen LogP contribution in [0.3, 0.4) is 0 Å². The Hall–Kier alpha value is -2.95. The lowest BCUT2D eigenvalue weighted by Crippen LogP contribution is -2.20. The molecule has 2 aromatic carbocycles. The average Bonchev–Trinajstić information content (AvgIpc) is 2.61. The molecule has 2 aromatic rings. The van der Waals surface area contributed by atoms with Gasteiger partial charge >= 0.3 is 0 Å². The van der Waals surface area contributed by atoms with Gasteiger partial charge in [0.2, 0.25) is 0 Å². The molecule has 0 unspecified atom stereocenters. The van der Waals surface area contributed by atoms with Crippen molar-refractivity contribution in [3.63, 3.8) is 0 Å². The lowest BCUT2D eigenvalue weighted by Gasteiger charge is -2.13. The highest BCUT2D eigenvalue weighted by Crippen LogP contribution is 2.29. The number of aryl methyl sites for hydroxylation is 1. The molecule has 0 bridgehead atoms. The Labute approximate surface area is 148 Å². The summed E-state index contributed by atoms with van der Waals surface area (Å²) in [6, 6.07) is 11.2. The van der Waals surface area contributed by atoms with E-state index in [9.17, 15) is 4.79 Å². The molecule has 1 amide bonds. The Bertz CT molecular complexity index is 755. The van der Waals surface area contributed by atoms with Crippen molar-refractivity contribution in [3.8, 4) is 17.2 Å². The second kappa shape index (κ2) is 8.78. The first-order valence-corrected chi connectivity index (χ1v) is 7.92. The summed E-state index contributed by atoms with van der Waals surface area (Å²) < 4.78 is 16.2. The Morgan fingerprint density at radius 3 is 2.48 bits per heavy atom. The van der Waals surface area contributed by atoms with Crippen LogP contribution in [0.5, 0.6) is 17.2 Å². The molecule has 0 aliphatic heterocycles. The number of carbonyl (C=O) groups excluding carboxylic acids is 1. The highest BCUT2D eigenvalue weighted by atomic mass is 16.5. The Morgan fingerprint density at radius 2 is 1.80 bits per heavy atom. The molecule has 5 nitrogen and oxygen atoms in total. The zero-order valence-electron chi connectivity index (χ0n) is 14.8. The van der Waals surface area contributed by atoms with Gasteiger partial charge in [-0.2, -0.15) is 0 Å². The van der Waals surface area contributed by atoms with E-state index in [0.717, 1.165) is 17.5 Å². The lowest BCUT2D eigenvalue weighted by atomic mass is 10.1. The molecule has 0 aliphatic rings. The first-order chi connectivity index (χ1) is 12.1. The molecule has 132 valence electrons. The van der Waals surface area contributed by atoms with Gasteiger partial charge in [-0.15, -0.1) is 6.58 Å². The number of nitrogens with one attached hydrogen (secondary N) is 1. The Balaban J connectivity index is 2.03. The standard InChI is InChI=1S/C20H23NO4/c1-5-6-15-8-10-18(19(12-15)24-4)25-13-20(22)21-16-11-14(2)7-9-17(16)23-3/h5,7-12H,1,6,13H2,2-4H3,(H,21,22). The van der Waals surface area contributed by atoms with Gasteiger partial charge in [-0.05, 0) is 48.7 Å². The molecule has 2 rings (SSSR count). The number of methoxy groups -OCH3 is 2. The van der Waals surface area contributed by atoms with Crippen LogP contribution in [0.4, 0.5) is 5.69 Å². The van der Waals surface area contributed by atoms with Crippen molar-refractivity contribution in [3.05, 3.63) is 60.2 Å². The van der Waals surface area contributed by atoms with Gasteiger partial charge in [0.05, 0.1) is 19.9 Å². The molecule has 0 fully saturated rings. The Morgan fingerprint density at radius 1 is 1.08 bits per heavy atom. The number of benzene rings is 2. The fourth-order valence-electron chi connectivity index (χ4n) is 2.37. The van der Waals surface area contributed by atoms with Crippen molar-refractivity contribution in [2.45, 2.75) is 13.3 Å². The molecule has 0 saturated heterocycles. The molecule has 0 aromatic heterocycles. The van der Waals surface area contributed by atoms with E-state index >= 15 is 0 Å². The molecule has 0 spiro atoms. The molecule has 0 aliphatic carbocycles. The van der Waals surface area contributed by atoms with Crippen molar-refractivity contribution in [2.75, 3.05) is 26.1 Å². The molecule has 5 heteroatoms. The number of anilines is 1. The molecule has 0 heterocycles. The molecule has 25 heavy (non-hydrogen) atoms. The predicted octanol–water partition coefficient (Wildman–Crippen LogP) is 3.76. The first kappa shape index (κ1) is 18.4. The summed E-state index contributed by atoms with van der Waals surface area (Å²) in [5, 5.41) is 2.80. The van der Waals surface area contributed by atoms with Crippen LogP contribution in [0.1, 0.15) is 11.1 Å². The number of rotatable bonds is 8. The zero-order chi connectivity index (χ0) is 18.2. The third kappa shape index (κ3) is 5.01. The van der Waals surface area contributed by atoms with Crippen molar-refractivity contribution in [2.24, 2.45) is 0 Å². The van der Waals surface area contributed by atoms with Gasteiger partial charge in [0.1, 0.15) is 5.75 Å². The molecule has 0 atom stereocenters. The largest absolute Gasteiger partial charge is 0.495 e. The van der Waals surface area contributed by atoms with Crippen molar-refractivity contribution >= 4 is 11.6 Å². The number of hydrogen-bond donors (Lipinski definition) is 1. The van der Waals surface area contributed by atoms with Crippen molar-refractivity contribution in [1.29, 1.82) is 0 Å². The van der Waals surface area contributed by atoms with E-state index in [1.165, 1.54) is 0 Å². The van der Waals surface area contributed by atoms with Gasteiger partial charge in [-0.3, -0.25) is 4.79 Å². The van der Waals surface area contributed by atoms with Gasteiger partial charge in [0.15, 0.2) is 18.1 Å². The van der Waals surface area contributed by atoms with Crippen LogP contribution in [-0.2, 0) is 11.2 Å². The number of ether oxygens (including phenoxy) is 3. The molecular weight excluding hydrogens is 318 g/mol. The van der Waals surface area contributed by atoms with E-state index in [1.807, 2.05) is 43.3 Å². The summed E-state index contributed by atoms with van der Waals surface area (Å²) >= 11 is 0. The summed E-state index contributed by atoms with van der Waals surface area (Å²) in [5.41, 5.74) is 2.70. The van der Waals surface area contributed by atoms with Crippen LogP contribution < -0.4 is 19.5 Å². The second-order valence-corrected chi connectivity index (χ2v) is 5.52. The van der Waals surface area contributed by atoms with E-state index in [0.29, 0.717) is 22.9 Å². The highest BCUT2D eigenvalue weighted by molar-refractivity contribution is 5.93. The van der Waals surface area contributed by atoms with Gasteiger partial charge < -0.3 is 19.5 Å². The third-order valence-corrected chi connectivity index (χ3v) is 3.60. The second-order valence-electron chi connectivity index (χ2n) is 5.52. The van der Waals surface area contributed by atoms with Crippen LogP contribution in [0, 0.1) is 6.92 Å². The van der Waals surface area contributed by atoms with Crippen LogP contribution in [0.2, 0.25) is 0 Å². The third-order valence-electron chi connectivity index (χ3n) is 3.60. The van der Waals surface area contributed by atoms with E-state index in [4.69, 9.17) is 14.2 Å². The summed E-state index contributed by atoms with van der Waals surface area (Å²) in [7, 11) is 3.13. The van der Waals surface area contributed by atoms with Crippen LogP contribution in [0.25, 0.3) is 0 Å². The van der Waals surface area contributed by atoms with Gasteiger partial charge in [0, 0.05) is 0 Å². The maximum atomic E-state index is 12.2. The van der Waals surface area contributed by atoms with Crippen molar-refractivity contribution in [1.82, 2.24) is 0 Å². The van der Waals surface area contributed by atoms with Gasteiger partial charge in [0.25, 0.3) is 5.91 Å². The number of amides is 1. The fraction of sp³-hybridized carbons (Fsp3) is 0.250. The van der Waals surface area contributed by atoms with Gasteiger partial charge in [-0.1, -0.05) is 18.2 Å². The zero-order valence-corrected chi connectivity index (χ0v) is 14.8. The van der Waals surface area contributed by atoms with Crippen LogP contribution >= 0.6 is 0 Å². The molecular formula is C20H23NO4.